The SMILES string of the molecule is c1ccc(N(c2cccc3c2-c2c(sc4ccccc24)C32c3ccccc3-c3ccc(-c4ccc(-n5c6ccccc6c6ccccc65)cc4)cc32)c2cccc3ccccc23)cc1. The van der Waals surface area contributed by atoms with Crippen LogP contribution < -0.4 is 4.90 Å². The molecule has 0 aliphatic heterocycles. The molecule has 64 heavy (non-hydrogen) atoms. The summed E-state index contributed by atoms with van der Waals surface area (Å²) in [5.74, 6) is 0. The molecular formula is C61H38N2S. The van der Waals surface area contributed by atoms with Gasteiger partial charge in [0.1, 0.15) is 0 Å². The molecule has 1 spiro atoms. The first kappa shape index (κ1) is 35.6. The Balaban J connectivity index is 1.01. The summed E-state index contributed by atoms with van der Waals surface area (Å²) in [4.78, 5) is 3.90. The zero-order chi connectivity index (χ0) is 41.9. The summed E-state index contributed by atoms with van der Waals surface area (Å²) < 4.78 is 3.71. The summed E-state index contributed by atoms with van der Waals surface area (Å²) >= 11 is 1.96. The first-order chi connectivity index (χ1) is 31.8. The number of fused-ring (bicyclic) bond motifs is 16. The van der Waals surface area contributed by atoms with Crippen LogP contribution in [0.1, 0.15) is 21.6 Å². The number of benzene rings is 10. The van der Waals surface area contributed by atoms with Crippen molar-refractivity contribution in [2.24, 2.45) is 0 Å². The number of nitrogens with zero attached hydrogens (tertiary/aromatic N) is 2. The molecule has 1 unspecified atom stereocenters. The third-order valence-corrected chi connectivity index (χ3v) is 15.3. The van der Waals surface area contributed by atoms with Crippen molar-refractivity contribution >= 4 is 71.1 Å². The number of rotatable bonds is 5. The first-order valence-electron chi connectivity index (χ1n) is 22.1. The highest BCUT2D eigenvalue weighted by molar-refractivity contribution is 7.20. The number of thiophene rings is 1. The van der Waals surface area contributed by atoms with E-state index in [-0.39, 0.29) is 0 Å². The zero-order valence-corrected chi connectivity index (χ0v) is 35.6. The Morgan fingerprint density at radius 1 is 0.391 bits per heavy atom. The lowest BCUT2D eigenvalue weighted by Crippen LogP contribution is -2.25. The summed E-state index contributed by atoms with van der Waals surface area (Å²) in [6, 6.07) is 85.6. The van der Waals surface area contributed by atoms with Crippen molar-refractivity contribution in [3.63, 3.8) is 0 Å². The molecule has 0 saturated heterocycles. The minimum Gasteiger partial charge on any atom is -0.309 e. The largest absolute Gasteiger partial charge is 0.309 e. The minimum atomic E-state index is -0.518. The molecule has 14 rings (SSSR count). The Morgan fingerprint density at radius 2 is 0.984 bits per heavy atom. The summed E-state index contributed by atoms with van der Waals surface area (Å²) in [6.07, 6.45) is 0. The number of para-hydroxylation sites is 3. The van der Waals surface area contributed by atoms with Crippen molar-refractivity contribution < 1.29 is 0 Å². The van der Waals surface area contributed by atoms with Crippen LogP contribution in [0, 0.1) is 0 Å². The van der Waals surface area contributed by atoms with Gasteiger partial charge < -0.3 is 9.47 Å². The predicted octanol–water partition coefficient (Wildman–Crippen LogP) is 16.6. The maximum Gasteiger partial charge on any atom is 0.0820 e. The number of aromatic nitrogens is 1. The van der Waals surface area contributed by atoms with Gasteiger partial charge in [-0.3, -0.25) is 0 Å². The smallest absolute Gasteiger partial charge is 0.0820 e. The van der Waals surface area contributed by atoms with Gasteiger partial charge in [-0.2, -0.15) is 0 Å². The van der Waals surface area contributed by atoms with E-state index in [0.29, 0.717) is 0 Å². The molecule has 12 aromatic rings. The quantitative estimate of drug-likeness (QED) is 0.168. The normalized spacial score (nSPS) is 14.6. The van der Waals surface area contributed by atoms with Crippen LogP contribution in [0.25, 0.3) is 81.7 Å². The number of anilines is 3. The molecule has 298 valence electrons. The standard InChI is InChI=1S/C61H38N2S/c1-2-18-42(19-3-1)63(53-29-14-17-40-16-4-5-20-44(40)53)56-30-15-26-51-59(56)58-49-24-9-13-31-57(49)64-60(58)61(51)50-25-10-6-21-45(50)46-37-34-41(38-52(46)61)39-32-35-43(36-33-39)62-54-27-11-7-22-47(54)48-23-8-12-28-55(48)62/h1-38H. The molecule has 3 heteroatoms. The highest BCUT2D eigenvalue weighted by Gasteiger charge is 2.54. The number of hydrogen-bond donors (Lipinski definition) is 0. The van der Waals surface area contributed by atoms with Crippen molar-refractivity contribution in [1.82, 2.24) is 4.57 Å². The summed E-state index contributed by atoms with van der Waals surface area (Å²) in [6.45, 7) is 0. The first-order valence-corrected chi connectivity index (χ1v) is 22.9. The van der Waals surface area contributed by atoms with Gasteiger partial charge in [-0.05, 0) is 105 Å². The monoisotopic (exact) mass is 830 g/mol. The van der Waals surface area contributed by atoms with E-state index >= 15 is 0 Å². The molecule has 0 radical (unpaired) electrons. The molecule has 2 nitrogen and oxygen atoms in total. The van der Waals surface area contributed by atoms with Crippen molar-refractivity contribution in [2.45, 2.75) is 5.41 Å². The molecule has 2 aliphatic carbocycles. The average Bonchev–Trinajstić information content (AvgIpc) is 4.08. The molecule has 2 aliphatic rings. The van der Waals surface area contributed by atoms with Crippen LogP contribution in [0.4, 0.5) is 17.1 Å². The predicted molar refractivity (Wildman–Crippen MR) is 270 cm³/mol. The van der Waals surface area contributed by atoms with E-state index in [2.05, 4.69) is 240 Å². The van der Waals surface area contributed by atoms with Crippen LogP contribution in [-0.2, 0) is 5.41 Å². The van der Waals surface area contributed by atoms with Gasteiger partial charge in [0.15, 0.2) is 0 Å². The van der Waals surface area contributed by atoms with E-state index in [9.17, 15) is 0 Å². The van der Waals surface area contributed by atoms with E-state index in [1.807, 2.05) is 11.3 Å². The van der Waals surface area contributed by atoms with Crippen molar-refractivity contribution in [3.8, 4) is 39.1 Å². The fourth-order valence-electron chi connectivity index (χ4n) is 11.4. The summed E-state index contributed by atoms with van der Waals surface area (Å²) in [5.41, 5.74) is 18.3. The van der Waals surface area contributed by atoms with Crippen LogP contribution >= 0.6 is 11.3 Å². The molecule has 10 aromatic carbocycles. The van der Waals surface area contributed by atoms with Crippen LogP contribution in [0.5, 0.6) is 0 Å². The molecular weight excluding hydrogens is 793 g/mol. The lowest BCUT2D eigenvalue weighted by atomic mass is 9.73. The van der Waals surface area contributed by atoms with Crippen LogP contribution in [0.2, 0.25) is 0 Å². The summed E-state index contributed by atoms with van der Waals surface area (Å²) in [5, 5.41) is 6.30. The average molecular weight is 831 g/mol. The number of hydrogen-bond acceptors (Lipinski definition) is 2. The van der Waals surface area contributed by atoms with Gasteiger partial charge in [0, 0.05) is 53.6 Å². The lowest BCUT2D eigenvalue weighted by Gasteiger charge is -2.32. The van der Waals surface area contributed by atoms with E-state index in [4.69, 9.17) is 0 Å². The van der Waals surface area contributed by atoms with Crippen molar-refractivity contribution in [1.29, 1.82) is 0 Å². The van der Waals surface area contributed by atoms with Gasteiger partial charge in [0.2, 0.25) is 0 Å². The Morgan fingerprint density at radius 3 is 1.80 bits per heavy atom. The lowest BCUT2D eigenvalue weighted by molar-refractivity contribution is 0.812. The van der Waals surface area contributed by atoms with E-state index in [0.717, 1.165) is 11.4 Å². The molecule has 2 aromatic heterocycles. The van der Waals surface area contributed by atoms with E-state index in [1.165, 1.54) is 109 Å². The van der Waals surface area contributed by atoms with Gasteiger partial charge in [-0.1, -0.05) is 170 Å². The zero-order valence-electron chi connectivity index (χ0n) is 34.7. The molecule has 0 bridgehead atoms. The molecule has 1 atom stereocenters. The molecule has 0 saturated carbocycles. The third-order valence-electron chi connectivity index (χ3n) is 14.0. The van der Waals surface area contributed by atoms with E-state index < -0.39 is 5.41 Å². The van der Waals surface area contributed by atoms with Crippen molar-refractivity contribution in [2.75, 3.05) is 4.90 Å². The molecule has 2 heterocycles. The molecule has 0 N–H and O–H groups in total. The topological polar surface area (TPSA) is 8.17 Å². The fraction of sp³-hybridized carbons (Fsp3) is 0.0164. The Bertz CT molecular complexity index is 3800. The second kappa shape index (κ2) is 13.5. The van der Waals surface area contributed by atoms with Gasteiger partial charge in [0.05, 0.1) is 27.8 Å². The Kier molecular flexibility index (Phi) is 7.51. The van der Waals surface area contributed by atoms with Crippen LogP contribution in [-0.4, -0.2) is 4.57 Å². The second-order valence-corrected chi connectivity index (χ2v) is 18.2. The van der Waals surface area contributed by atoms with Gasteiger partial charge >= 0.3 is 0 Å². The Labute approximate surface area is 375 Å². The van der Waals surface area contributed by atoms with Crippen LogP contribution in [0.15, 0.2) is 231 Å². The molecule has 0 fully saturated rings. The van der Waals surface area contributed by atoms with Crippen molar-refractivity contribution in [3.05, 3.63) is 252 Å². The van der Waals surface area contributed by atoms with Gasteiger partial charge in [0.25, 0.3) is 0 Å². The third kappa shape index (κ3) is 4.79. The fourth-order valence-corrected chi connectivity index (χ4v) is 12.8. The minimum absolute atomic E-state index is 0.518. The second-order valence-electron chi connectivity index (χ2n) is 17.1. The maximum atomic E-state index is 2.51. The summed E-state index contributed by atoms with van der Waals surface area (Å²) in [7, 11) is 0. The maximum absolute atomic E-state index is 2.51. The van der Waals surface area contributed by atoms with Gasteiger partial charge in [-0.25, -0.2) is 0 Å². The van der Waals surface area contributed by atoms with E-state index in [1.54, 1.807) is 0 Å². The van der Waals surface area contributed by atoms with Crippen LogP contribution in [0.3, 0.4) is 0 Å². The Hall–Kier alpha value is -7.98. The highest BCUT2D eigenvalue weighted by atomic mass is 32.1. The highest BCUT2D eigenvalue weighted by Crippen LogP contribution is 2.68. The van der Waals surface area contributed by atoms with Gasteiger partial charge in [-0.15, -0.1) is 11.3 Å². The molecule has 0 amide bonds.